The van der Waals surface area contributed by atoms with Gasteiger partial charge in [0.25, 0.3) is 0 Å². The molecule has 0 amide bonds. The van der Waals surface area contributed by atoms with Crippen molar-refractivity contribution in [3.63, 3.8) is 0 Å². The molecule has 4 atom stereocenters. The zero-order valence-corrected chi connectivity index (χ0v) is 45.0. The summed E-state index contributed by atoms with van der Waals surface area (Å²) in [5.41, 5.74) is 4.43. The van der Waals surface area contributed by atoms with E-state index in [4.69, 9.17) is 18.9 Å². The average Bonchev–Trinajstić information content (AvgIpc) is 4.38. The van der Waals surface area contributed by atoms with Crippen LogP contribution in [0.2, 0.25) is 0 Å². The Labute approximate surface area is 453 Å². The standard InChI is InChI=1S/C33H35NO4S.C31H31NO4S/c1-36-24-13-11-23(12-14-24)33-31(27-18-17-26(37-2)21-30(27)39-33)32(35)22-9-15-25(16-10-22)38-29-8-4-3-7-28(29)34-19-5-6-20-34;33-22-11-7-21(8-12-22)31-29(25-16-13-23(34)19-28(25)37-31)30(35)20-9-14-24(15-10-20)36-27-6-2-1-5-26(27)32-17-3-4-18-32/h9-18,21,28-29H,3-8,19-20H2,1-2H3;7-16,19,26-27,33-34H,1-6,17-18H2. The maximum absolute atomic E-state index is 14.0. The fourth-order valence-electron chi connectivity index (χ4n) is 11.9. The second-order valence-electron chi connectivity index (χ2n) is 20.6. The predicted molar refractivity (Wildman–Crippen MR) is 306 cm³/mol. The molecule has 2 saturated carbocycles. The summed E-state index contributed by atoms with van der Waals surface area (Å²) >= 11 is 3.08. The summed E-state index contributed by atoms with van der Waals surface area (Å²) in [7, 11) is 3.32. The highest BCUT2D eigenvalue weighted by atomic mass is 32.1. The number of phenols is 2. The summed E-state index contributed by atoms with van der Waals surface area (Å²) in [4.78, 5) is 34.9. The van der Waals surface area contributed by atoms with Crippen LogP contribution in [0.15, 0.2) is 133 Å². The molecule has 12 heteroatoms. The van der Waals surface area contributed by atoms with Gasteiger partial charge in [0, 0.05) is 64.3 Å². The molecule has 2 aromatic heterocycles. The highest BCUT2D eigenvalue weighted by Crippen LogP contribution is 2.44. The van der Waals surface area contributed by atoms with Crippen molar-refractivity contribution in [3.05, 3.63) is 156 Å². The molecule has 2 saturated heterocycles. The minimum Gasteiger partial charge on any atom is -0.508 e. The average molecular weight is 1060 g/mol. The largest absolute Gasteiger partial charge is 0.508 e. The van der Waals surface area contributed by atoms with E-state index in [0.717, 1.165) is 82.5 Å². The molecule has 12 rings (SSSR count). The molecule has 4 heterocycles. The molecule has 4 aliphatic rings. The topological polar surface area (TPSA) is 118 Å². The number of thiophene rings is 2. The van der Waals surface area contributed by atoms with Crippen LogP contribution in [0.25, 0.3) is 41.1 Å². The van der Waals surface area contributed by atoms with Gasteiger partial charge in [-0.2, -0.15) is 0 Å². The van der Waals surface area contributed by atoms with E-state index in [-0.39, 0.29) is 35.3 Å². The van der Waals surface area contributed by atoms with Gasteiger partial charge < -0.3 is 29.2 Å². The lowest BCUT2D eigenvalue weighted by Gasteiger charge is -2.37. The molecule has 0 spiro atoms. The summed E-state index contributed by atoms with van der Waals surface area (Å²) in [5, 5.41) is 21.5. The Kier molecular flexibility index (Phi) is 15.7. The molecule has 392 valence electrons. The van der Waals surface area contributed by atoms with Gasteiger partial charge in [-0.25, -0.2) is 0 Å². The van der Waals surface area contributed by atoms with E-state index in [2.05, 4.69) is 9.80 Å². The van der Waals surface area contributed by atoms with E-state index in [1.807, 2.05) is 103 Å². The zero-order chi connectivity index (χ0) is 52.1. The minimum atomic E-state index is -0.0702. The van der Waals surface area contributed by atoms with Crippen LogP contribution < -0.4 is 18.9 Å². The number of nitrogens with zero attached hydrogens (tertiary/aromatic N) is 2. The first-order valence-electron chi connectivity index (χ1n) is 27.1. The van der Waals surface area contributed by atoms with Crippen molar-refractivity contribution in [1.29, 1.82) is 0 Å². The van der Waals surface area contributed by atoms with E-state index in [9.17, 15) is 19.8 Å². The van der Waals surface area contributed by atoms with Gasteiger partial charge in [0.15, 0.2) is 11.6 Å². The molecule has 10 nitrogen and oxygen atoms in total. The third-order valence-corrected chi connectivity index (χ3v) is 18.3. The number of rotatable bonds is 14. The van der Waals surface area contributed by atoms with Crippen molar-refractivity contribution >= 4 is 54.4 Å². The third-order valence-electron chi connectivity index (χ3n) is 15.9. The van der Waals surface area contributed by atoms with E-state index in [1.54, 1.807) is 55.9 Å². The summed E-state index contributed by atoms with van der Waals surface area (Å²) in [5.74, 6) is 3.51. The number of ether oxygens (including phenoxy) is 4. The molecule has 6 aromatic carbocycles. The summed E-state index contributed by atoms with van der Waals surface area (Å²) in [6.07, 6.45) is 15.1. The molecule has 0 bridgehead atoms. The van der Waals surface area contributed by atoms with Gasteiger partial charge >= 0.3 is 0 Å². The second-order valence-corrected chi connectivity index (χ2v) is 22.7. The summed E-state index contributed by atoms with van der Waals surface area (Å²) in [6, 6.07) is 42.1. The molecule has 2 aliphatic heterocycles. The van der Waals surface area contributed by atoms with Gasteiger partial charge in [-0.05, 0) is 235 Å². The Hall–Kier alpha value is -6.70. The first-order chi connectivity index (χ1) is 37.2. The number of hydrogen-bond acceptors (Lipinski definition) is 12. The number of hydrogen-bond donors (Lipinski definition) is 2. The molecule has 4 fully saturated rings. The third kappa shape index (κ3) is 11.1. The lowest BCUT2D eigenvalue weighted by atomic mass is 9.91. The van der Waals surface area contributed by atoms with Gasteiger partial charge in [-0.3, -0.25) is 19.4 Å². The number of ketones is 2. The molecular weight excluding hydrogens is 989 g/mol. The van der Waals surface area contributed by atoms with Crippen LogP contribution in [0.3, 0.4) is 0 Å². The van der Waals surface area contributed by atoms with E-state index < -0.39 is 0 Å². The molecule has 2 aliphatic carbocycles. The number of carbonyl (C=O) groups excluding carboxylic acids is 2. The Morgan fingerprint density at radius 1 is 0.447 bits per heavy atom. The fourth-order valence-corrected chi connectivity index (χ4v) is 14.4. The number of fused-ring (bicyclic) bond motifs is 2. The summed E-state index contributed by atoms with van der Waals surface area (Å²) < 4.78 is 25.7. The Morgan fingerprint density at radius 2 is 0.842 bits per heavy atom. The van der Waals surface area contributed by atoms with Crippen LogP contribution in [-0.2, 0) is 0 Å². The normalized spacial score (nSPS) is 20.0. The number of methoxy groups -OCH3 is 2. The number of likely N-dealkylation sites (tertiary alicyclic amines) is 2. The molecular formula is C64H66N2O8S2. The van der Waals surface area contributed by atoms with E-state index in [1.165, 1.54) is 102 Å². The Bertz CT molecular complexity index is 3280. The van der Waals surface area contributed by atoms with Crippen LogP contribution in [0.1, 0.15) is 109 Å². The first kappa shape index (κ1) is 51.4. The molecule has 8 aromatic rings. The fraction of sp³-hybridized carbons (Fsp3) is 0.344. The van der Waals surface area contributed by atoms with Crippen LogP contribution in [0.4, 0.5) is 0 Å². The SMILES string of the molecule is COc1ccc(-c2sc3cc(OC)ccc3c2C(=O)c2ccc(OC3CCCCC3N3CCCC3)cc2)cc1.O=C(c1ccc(OC2CCCCC2N2CCCC2)cc1)c1c(-c2ccc(O)cc2)sc2cc(O)ccc12. The van der Waals surface area contributed by atoms with Gasteiger partial charge in [0.1, 0.15) is 46.7 Å². The van der Waals surface area contributed by atoms with Crippen molar-refractivity contribution in [2.45, 2.75) is 101 Å². The Balaban J connectivity index is 0.000000162. The second kappa shape index (κ2) is 23.3. The smallest absolute Gasteiger partial charge is 0.195 e. The minimum absolute atomic E-state index is 0.0106. The van der Waals surface area contributed by atoms with Gasteiger partial charge in [-0.1, -0.05) is 12.8 Å². The van der Waals surface area contributed by atoms with Gasteiger partial charge in [0.2, 0.25) is 0 Å². The lowest BCUT2D eigenvalue weighted by Crippen LogP contribution is -2.46. The van der Waals surface area contributed by atoms with Crippen LogP contribution in [0, 0.1) is 0 Å². The zero-order valence-electron chi connectivity index (χ0n) is 43.4. The van der Waals surface area contributed by atoms with Crippen LogP contribution in [0.5, 0.6) is 34.5 Å². The molecule has 76 heavy (non-hydrogen) atoms. The molecule has 0 radical (unpaired) electrons. The van der Waals surface area contributed by atoms with E-state index in [0.29, 0.717) is 28.8 Å². The van der Waals surface area contributed by atoms with Crippen molar-refractivity contribution in [1.82, 2.24) is 9.80 Å². The highest BCUT2D eigenvalue weighted by Gasteiger charge is 2.35. The van der Waals surface area contributed by atoms with Crippen molar-refractivity contribution in [2.24, 2.45) is 0 Å². The number of carbonyl (C=O) groups is 2. The number of phenolic OH excluding ortho intramolecular Hbond substituents is 2. The quantitative estimate of drug-likeness (QED) is 0.102. The number of aromatic hydroxyl groups is 2. The number of benzene rings is 6. The van der Waals surface area contributed by atoms with E-state index >= 15 is 0 Å². The Morgan fingerprint density at radius 3 is 1.32 bits per heavy atom. The van der Waals surface area contributed by atoms with Crippen LogP contribution >= 0.6 is 22.7 Å². The molecule has 2 N–H and O–H groups in total. The lowest BCUT2D eigenvalue weighted by molar-refractivity contribution is 0.0485. The predicted octanol–water partition coefficient (Wildman–Crippen LogP) is 14.6. The van der Waals surface area contributed by atoms with Crippen molar-refractivity contribution < 1.29 is 38.7 Å². The highest BCUT2D eigenvalue weighted by molar-refractivity contribution is 7.23. The summed E-state index contributed by atoms with van der Waals surface area (Å²) in [6.45, 7) is 4.73. The van der Waals surface area contributed by atoms with Gasteiger partial charge in [0.05, 0.1) is 14.2 Å². The molecule has 4 unspecified atom stereocenters. The maximum atomic E-state index is 14.0. The first-order valence-corrected chi connectivity index (χ1v) is 28.8. The monoisotopic (exact) mass is 1050 g/mol. The van der Waals surface area contributed by atoms with Crippen molar-refractivity contribution in [3.8, 4) is 55.4 Å². The van der Waals surface area contributed by atoms with Crippen LogP contribution in [-0.4, -0.2) is 96.3 Å². The maximum Gasteiger partial charge on any atom is 0.195 e. The van der Waals surface area contributed by atoms with Crippen molar-refractivity contribution in [2.75, 3.05) is 40.4 Å². The van der Waals surface area contributed by atoms with Gasteiger partial charge in [-0.15, -0.1) is 22.7 Å².